The summed E-state index contributed by atoms with van der Waals surface area (Å²) in [5.74, 6) is -0.231. The van der Waals surface area contributed by atoms with E-state index in [9.17, 15) is 13.2 Å². The monoisotopic (exact) mass is 323 g/mol. The number of nitrogens with one attached hydrogen (secondary N) is 1. The van der Waals surface area contributed by atoms with E-state index in [1.807, 2.05) is 18.2 Å². The lowest BCUT2D eigenvalue weighted by molar-refractivity contribution is 0.0956. The summed E-state index contributed by atoms with van der Waals surface area (Å²) in [4.78, 5) is 12.2. The second-order valence-electron chi connectivity index (χ2n) is 6.88. The predicted octanol–water partition coefficient (Wildman–Crippen LogP) is 2.51. The minimum absolute atomic E-state index is 0.0345. The molecule has 0 heterocycles. The van der Waals surface area contributed by atoms with Crippen molar-refractivity contribution in [2.24, 2.45) is 0 Å². The van der Waals surface area contributed by atoms with Crippen LogP contribution in [0.15, 0.2) is 18.2 Å². The third kappa shape index (κ3) is 3.88. The molecule has 0 radical (unpaired) electrons. The molecule has 0 bridgehead atoms. The van der Waals surface area contributed by atoms with Crippen molar-refractivity contribution in [3.05, 3.63) is 34.9 Å². The van der Waals surface area contributed by atoms with Crippen LogP contribution >= 0.6 is 0 Å². The number of carbonyl (C=O) groups is 1. The van der Waals surface area contributed by atoms with E-state index in [0.29, 0.717) is 5.56 Å². The second-order valence-corrected chi connectivity index (χ2v) is 9.74. The number of rotatable bonds is 4. The SMILES string of the molecule is CC(C)(C)S(=O)(=O)CCNC(=O)c1ccc2c(c1)CCCC2. The maximum atomic E-state index is 12.2. The summed E-state index contributed by atoms with van der Waals surface area (Å²) in [6, 6.07) is 5.80. The highest BCUT2D eigenvalue weighted by atomic mass is 32.2. The van der Waals surface area contributed by atoms with Crippen LogP contribution in [0, 0.1) is 0 Å². The number of sulfone groups is 1. The molecule has 1 aliphatic rings. The first-order chi connectivity index (χ1) is 10.2. The Labute approximate surface area is 133 Å². The van der Waals surface area contributed by atoms with Gasteiger partial charge in [-0.15, -0.1) is 0 Å². The normalized spacial score (nSPS) is 15.2. The van der Waals surface area contributed by atoms with Crippen molar-refractivity contribution < 1.29 is 13.2 Å². The lowest BCUT2D eigenvalue weighted by Gasteiger charge is -2.19. The van der Waals surface area contributed by atoms with E-state index in [4.69, 9.17) is 0 Å². The number of hydrogen-bond donors (Lipinski definition) is 1. The maximum Gasteiger partial charge on any atom is 0.251 e. The van der Waals surface area contributed by atoms with E-state index in [-0.39, 0.29) is 18.2 Å². The molecule has 22 heavy (non-hydrogen) atoms. The van der Waals surface area contributed by atoms with Crippen LogP contribution in [0.25, 0.3) is 0 Å². The summed E-state index contributed by atoms with van der Waals surface area (Å²) in [5.41, 5.74) is 3.20. The van der Waals surface area contributed by atoms with E-state index in [1.165, 1.54) is 24.0 Å². The lowest BCUT2D eigenvalue weighted by atomic mass is 9.90. The molecule has 1 N–H and O–H groups in total. The first-order valence-electron chi connectivity index (χ1n) is 7.83. The molecule has 0 unspecified atom stereocenters. The average molecular weight is 323 g/mol. The van der Waals surface area contributed by atoms with E-state index in [1.54, 1.807) is 20.8 Å². The molecule has 4 nitrogen and oxygen atoms in total. The molecule has 0 saturated carbocycles. The van der Waals surface area contributed by atoms with Crippen LogP contribution in [0.3, 0.4) is 0 Å². The number of aryl methyl sites for hydroxylation is 2. The first kappa shape index (κ1) is 17.0. The number of hydrogen-bond acceptors (Lipinski definition) is 3. The van der Waals surface area contributed by atoms with Crippen LogP contribution in [0.2, 0.25) is 0 Å². The zero-order chi connectivity index (χ0) is 16.4. The summed E-state index contributed by atoms with van der Waals surface area (Å²) in [6.45, 7) is 5.17. The van der Waals surface area contributed by atoms with Gasteiger partial charge in [-0.1, -0.05) is 6.07 Å². The lowest BCUT2D eigenvalue weighted by Crippen LogP contribution is -2.36. The number of amides is 1. The van der Waals surface area contributed by atoms with E-state index < -0.39 is 14.6 Å². The Morgan fingerprint density at radius 3 is 2.41 bits per heavy atom. The largest absolute Gasteiger partial charge is 0.351 e. The molecule has 0 aliphatic heterocycles. The Bertz CT molecular complexity index is 657. The highest BCUT2D eigenvalue weighted by Gasteiger charge is 2.28. The summed E-state index contributed by atoms with van der Waals surface area (Å²) >= 11 is 0. The Morgan fingerprint density at radius 1 is 1.14 bits per heavy atom. The molecule has 5 heteroatoms. The molecule has 0 fully saturated rings. The topological polar surface area (TPSA) is 63.2 Å². The number of carbonyl (C=O) groups excluding carboxylic acids is 1. The van der Waals surface area contributed by atoms with Gasteiger partial charge >= 0.3 is 0 Å². The zero-order valence-corrected chi connectivity index (χ0v) is 14.4. The molecular weight excluding hydrogens is 298 g/mol. The van der Waals surface area contributed by atoms with Gasteiger partial charge in [0.05, 0.1) is 10.5 Å². The van der Waals surface area contributed by atoms with Crippen molar-refractivity contribution in [1.82, 2.24) is 5.32 Å². The minimum Gasteiger partial charge on any atom is -0.351 e. The Kier molecular flexibility index (Phi) is 4.95. The Hall–Kier alpha value is -1.36. The van der Waals surface area contributed by atoms with Crippen LogP contribution in [-0.4, -0.2) is 31.4 Å². The van der Waals surface area contributed by atoms with Gasteiger partial charge < -0.3 is 5.32 Å². The van der Waals surface area contributed by atoms with Gasteiger partial charge in [0.1, 0.15) is 0 Å². The fourth-order valence-corrected chi connectivity index (χ4v) is 3.57. The van der Waals surface area contributed by atoms with Gasteiger partial charge in [-0.05, 0) is 69.7 Å². The summed E-state index contributed by atoms with van der Waals surface area (Å²) < 4.78 is 23.2. The second kappa shape index (κ2) is 6.41. The van der Waals surface area contributed by atoms with Gasteiger partial charge in [0, 0.05) is 12.1 Å². The summed E-state index contributed by atoms with van der Waals surface area (Å²) in [6.07, 6.45) is 4.49. The highest BCUT2D eigenvalue weighted by Crippen LogP contribution is 2.22. The average Bonchev–Trinajstić information content (AvgIpc) is 2.45. The van der Waals surface area contributed by atoms with Crippen LogP contribution in [-0.2, 0) is 22.7 Å². The van der Waals surface area contributed by atoms with Crippen molar-refractivity contribution >= 4 is 15.7 Å². The van der Waals surface area contributed by atoms with Gasteiger partial charge in [-0.3, -0.25) is 4.79 Å². The van der Waals surface area contributed by atoms with Crippen molar-refractivity contribution in [3.63, 3.8) is 0 Å². The molecule has 122 valence electrons. The third-order valence-corrected chi connectivity index (χ3v) is 6.81. The van der Waals surface area contributed by atoms with Gasteiger partial charge in [-0.25, -0.2) is 8.42 Å². The van der Waals surface area contributed by atoms with Crippen molar-refractivity contribution in [2.75, 3.05) is 12.3 Å². The van der Waals surface area contributed by atoms with E-state index in [0.717, 1.165) is 12.8 Å². The summed E-state index contributed by atoms with van der Waals surface area (Å²) in [7, 11) is -3.20. The third-order valence-electron chi connectivity index (χ3n) is 4.20. The minimum atomic E-state index is -3.20. The van der Waals surface area contributed by atoms with E-state index >= 15 is 0 Å². The number of fused-ring (bicyclic) bond motifs is 1. The maximum absolute atomic E-state index is 12.2. The first-order valence-corrected chi connectivity index (χ1v) is 9.48. The van der Waals surface area contributed by atoms with Crippen LogP contribution < -0.4 is 5.32 Å². The summed E-state index contributed by atoms with van der Waals surface area (Å²) in [5, 5.41) is 2.72. The molecule has 2 rings (SSSR count). The quantitative estimate of drug-likeness (QED) is 0.926. The van der Waals surface area contributed by atoms with E-state index in [2.05, 4.69) is 5.32 Å². The molecule has 0 atom stereocenters. The zero-order valence-electron chi connectivity index (χ0n) is 13.6. The predicted molar refractivity (Wildman–Crippen MR) is 89.0 cm³/mol. The molecule has 1 aromatic carbocycles. The molecule has 1 aliphatic carbocycles. The highest BCUT2D eigenvalue weighted by molar-refractivity contribution is 7.92. The van der Waals surface area contributed by atoms with Crippen LogP contribution in [0.5, 0.6) is 0 Å². The van der Waals surface area contributed by atoms with Gasteiger partial charge in [0.15, 0.2) is 9.84 Å². The molecule has 0 saturated heterocycles. The van der Waals surface area contributed by atoms with Crippen LogP contribution in [0.4, 0.5) is 0 Å². The standard InChI is InChI=1S/C17H25NO3S/c1-17(2,3)22(20,21)11-10-18-16(19)15-9-8-13-6-4-5-7-14(13)12-15/h8-9,12H,4-7,10-11H2,1-3H3,(H,18,19). The smallest absolute Gasteiger partial charge is 0.251 e. The molecular formula is C17H25NO3S. The number of benzene rings is 1. The fourth-order valence-electron chi connectivity index (χ4n) is 2.58. The van der Waals surface area contributed by atoms with Crippen LogP contribution in [0.1, 0.15) is 55.1 Å². The molecule has 1 amide bonds. The Balaban J connectivity index is 1.96. The molecule has 0 spiro atoms. The van der Waals surface area contributed by atoms with Gasteiger partial charge in [0.25, 0.3) is 5.91 Å². The molecule has 0 aromatic heterocycles. The molecule has 1 aromatic rings. The van der Waals surface area contributed by atoms with Crippen molar-refractivity contribution in [2.45, 2.75) is 51.2 Å². The van der Waals surface area contributed by atoms with Gasteiger partial charge in [-0.2, -0.15) is 0 Å². The fraction of sp³-hybridized carbons (Fsp3) is 0.588. The van der Waals surface area contributed by atoms with Gasteiger partial charge in [0.2, 0.25) is 0 Å². The van der Waals surface area contributed by atoms with Crippen molar-refractivity contribution in [3.8, 4) is 0 Å². The Morgan fingerprint density at radius 2 is 1.77 bits per heavy atom. The van der Waals surface area contributed by atoms with Crippen molar-refractivity contribution in [1.29, 1.82) is 0 Å².